The van der Waals surface area contributed by atoms with E-state index < -0.39 is 84.4 Å². The van der Waals surface area contributed by atoms with E-state index in [9.17, 15) is 28.3 Å². The van der Waals surface area contributed by atoms with Crippen LogP contribution in [-0.2, 0) is 52.0 Å². The minimum atomic E-state index is -4.68. The average Bonchev–Trinajstić information content (AvgIpc) is 3.87. The van der Waals surface area contributed by atoms with Crippen LogP contribution in [0.2, 0.25) is 5.28 Å². The van der Waals surface area contributed by atoms with E-state index in [1.54, 1.807) is 13.8 Å². The Morgan fingerprint density at radius 1 is 1.19 bits per heavy atom. The standard InChI is InChI=1S/C30H46ClN8O13PS/c1-8-48-53(44,49-9-2)30(16-46-6,25(40)36-54(7,45)37-27(41)32-5)47-15-19-20-21(52-29(3,4)51-20)24(50-19)39-23-18(14-33-39)22(34-26(31)35-23)38(28(42)43)17-12-10-11-13-17/h14,17,19-21,24H,8-13,15-16H2,1-7H3,(H,42,43)(H2,32,36,37,40,41,45)/t19-,20-,21-,24-,30?,54?/m1/s1. The maximum absolute atomic E-state index is 14.5. The van der Waals surface area contributed by atoms with Crippen molar-refractivity contribution in [3.8, 4) is 0 Å². The monoisotopic (exact) mass is 824 g/mol. The van der Waals surface area contributed by atoms with Gasteiger partial charge in [-0.25, -0.2) is 18.5 Å². The molecule has 54 heavy (non-hydrogen) atoms. The number of anilines is 1. The number of nitrogens with zero attached hydrogens (tertiary/aromatic N) is 6. The van der Waals surface area contributed by atoms with Gasteiger partial charge < -0.3 is 43.2 Å². The van der Waals surface area contributed by atoms with Gasteiger partial charge >= 0.3 is 25.6 Å². The van der Waals surface area contributed by atoms with Crippen LogP contribution in [0.15, 0.2) is 10.6 Å². The number of carbonyl (C=O) groups excluding carboxylic acids is 2. The lowest BCUT2D eigenvalue weighted by Crippen LogP contribution is -2.49. The third-order valence-corrected chi connectivity index (χ3v) is 12.6. The molecule has 2 saturated heterocycles. The number of aromatic nitrogens is 4. The number of hydrogen-bond acceptors (Lipinski definition) is 15. The van der Waals surface area contributed by atoms with E-state index >= 15 is 0 Å². The SMILES string of the molecule is CCOP(=O)(OCC)C(COC)(OC[C@H]1O[C@@H](n2ncc3c(N(C(=O)O)C4CCCC4)nc(Cl)nc32)[C@@H]2OC(C)(C)O[C@@H]21)C(=O)N=S(C)(=O)NC(=O)NC. The number of fused-ring (bicyclic) bond motifs is 2. The molecule has 4 amide bonds. The maximum Gasteiger partial charge on any atom is 0.413 e. The van der Waals surface area contributed by atoms with Crippen molar-refractivity contribution >= 4 is 64.0 Å². The molecule has 6 atom stereocenters. The quantitative estimate of drug-likeness (QED) is 0.172. The minimum Gasteiger partial charge on any atom is -0.465 e. The highest BCUT2D eigenvalue weighted by Crippen LogP contribution is 2.61. The van der Waals surface area contributed by atoms with E-state index in [1.165, 1.54) is 43.8 Å². The largest absolute Gasteiger partial charge is 0.465 e. The van der Waals surface area contributed by atoms with E-state index in [-0.39, 0.29) is 36.0 Å². The summed E-state index contributed by atoms with van der Waals surface area (Å²) in [7, 11) is -5.99. The Bertz CT molecular complexity index is 1890. The van der Waals surface area contributed by atoms with Gasteiger partial charge in [0.05, 0.1) is 38.0 Å². The molecule has 2 unspecified atom stereocenters. The van der Waals surface area contributed by atoms with Crippen molar-refractivity contribution in [2.75, 3.05) is 51.7 Å². The third-order valence-electron chi connectivity index (χ3n) is 8.86. The van der Waals surface area contributed by atoms with Crippen molar-refractivity contribution < 1.29 is 61.0 Å². The molecule has 1 saturated carbocycles. The summed E-state index contributed by atoms with van der Waals surface area (Å²) in [4.78, 5) is 48.4. The van der Waals surface area contributed by atoms with E-state index in [2.05, 4.69) is 29.5 Å². The first-order valence-corrected chi connectivity index (χ1v) is 21.0. The van der Waals surface area contributed by atoms with E-state index in [0.29, 0.717) is 18.2 Å². The highest BCUT2D eigenvalue weighted by Gasteiger charge is 2.62. The summed E-state index contributed by atoms with van der Waals surface area (Å²) in [6.07, 6.45) is 0.300. The molecule has 0 radical (unpaired) electrons. The maximum atomic E-state index is 14.5. The van der Waals surface area contributed by atoms with Crippen LogP contribution in [0.1, 0.15) is 59.6 Å². The molecular weight excluding hydrogens is 779 g/mol. The molecule has 3 aliphatic rings. The van der Waals surface area contributed by atoms with Gasteiger partial charge in [-0.3, -0.25) is 19.0 Å². The molecule has 5 rings (SSSR count). The lowest BCUT2D eigenvalue weighted by atomic mass is 10.1. The van der Waals surface area contributed by atoms with Crippen LogP contribution in [0.4, 0.5) is 15.4 Å². The zero-order valence-corrected chi connectivity index (χ0v) is 33.4. The van der Waals surface area contributed by atoms with Gasteiger partial charge in [0.2, 0.25) is 5.28 Å². The smallest absolute Gasteiger partial charge is 0.413 e. The van der Waals surface area contributed by atoms with Crippen LogP contribution in [0.25, 0.3) is 11.0 Å². The molecule has 0 aromatic carbocycles. The van der Waals surface area contributed by atoms with Crippen LogP contribution in [-0.4, -0.2) is 129 Å². The molecule has 0 bridgehead atoms. The van der Waals surface area contributed by atoms with Gasteiger partial charge in [0, 0.05) is 26.5 Å². The number of carbonyl (C=O) groups is 3. The second kappa shape index (κ2) is 16.6. The first-order valence-electron chi connectivity index (χ1n) is 17.2. The second-order valence-corrected chi connectivity index (χ2v) is 17.7. The Labute approximate surface area is 316 Å². The predicted molar refractivity (Wildman–Crippen MR) is 191 cm³/mol. The second-order valence-electron chi connectivity index (χ2n) is 13.1. The molecule has 2 aromatic rings. The molecule has 3 fully saturated rings. The number of rotatable bonds is 15. The Kier molecular flexibility index (Phi) is 12.9. The summed E-state index contributed by atoms with van der Waals surface area (Å²) in [5, 5.41) is 14.4. The molecule has 1 aliphatic carbocycles. The number of halogens is 1. The van der Waals surface area contributed by atoms with Gasteiger partial charge in [0.25, 0.3) is 5.34 Å². The summed E-state index contributed by atoms with van der Waals surface area (Å²) in [5.74, 6) is -2.45. The Balaban J connectivity index is 1.55. The lowest BCUT2D eigenvalue weighted by Gasteiger charge is -2.36. The number of methoxy groups -OCH3 is 1. The Morgan fingerprint density at radius 3 is 2.43 bits per heavy atom. The van der Waals surface area contributed by atoms with Crippen LogP contribution in [0.5, 0.6) is 0 Å². The summed E-state index contributed by atoms with van der Waals surface area (Å²) < 4.78 is 76.5. The van der Waals surface area contributed by atoms with Crippen molar-refractivity contribution in [1.82, 2.24) is 29.8 Å². The van der Waals surface area contributed by atoms with Crippen molar-refractivity contribution in [2.24, 2.45) is 4.36 Å². The summed E-state index contributed by atoms with van der Waals surface area (Å²) in [6, 6.07) is -1.21. The molecule has 2 aliphatic heterocycles. The fraction of sp³-hybridized carbons (Fsp3) is 0.733. The normalized spacial score (nSPS) is 24.8. The van der Waals surface area contributed by atoms with Gasteiger partial charge in [0.1, 0.15) is 28.2 Å². The van der Waals surface area contributed by atoms with Crippen molar-refractivity contribution in [3.05, 3.63) is 11.5 Å². The molecule has 4 heterocycles. The first kappa shape index (κ1) is 42.1. The molecule has 302 valence electrons. The van der Waals surface area contributed by atoms with E-state index in [4.69, 9.17) is 44.3 Å². The van der Waals surface area contributed by atoms with Gasteiger partial charge in [0.15, 0.2) is 23.5 Å². The zero-order valence-electron chi connectivity index (χ0n) is 30.9. The zero-order chi connectivity index (χ0) is 39.6. The molecule has 2 aromatic heterocycles. The molecule has 24 heteroatoms. The summed E-state index contributed by atoms with van der Waals surface area (Å²) in [6.45, 7) is 4.69. The summed E-state index contributed by atoms with van der Waals surface area (Å²) in [5.41, 5.74) is 0.147. The van der Waals surface area contributed by atoms with Gasteiger partial charge in [-0.05, 0) is 52.1 Å². The number of carboxylic acid groups (broad SMARTS) is 1. The van der Waals surface area contributed by atoms with Gasteiger partial charge in [-0.2, -0.15) is 15.1 Å². The number of urea groups is 1. The van der Waals surface area contributed by atoms with Crippen molar-refractivity contribution in [3.63, 3.8) is 0 Å². The fourth-order valence-electron chi connectivity index (χ4n) is 6.74. The van der Waals surface area contributed by atoms with Crippen molar-refractivity contribution in [2.45, 2.75) is 95.1 Å². The molecular formula is C30H46ClN8O13PS. The lowest BCUT2D eigenvalue weighted by molar-refractivity contribution is -0.207. The average molecular weight is 825 g/mol. The highest BCUT2D eigenvalue weighted by molar-refractivity contribution is 7.91. The molecule has 21 nitrogen and oxygen atoms in total. The Morgan fingerprint density at radius 2 is 1.83 bits per heavy atom. The number of amides is 4. The fourth-order valence-corrected chi connectivity index (χ4v) is 9.90. The van der Waals surface area contributed by atoms with Crippen molar-refractivity contribution in [1.29, 1.82) is 0 Å². The number of nitrogens with one attached hydrogen (secondary N) is 2. The van der Waals surface area contributed by atoms with Crippen LogP contribution >= 0.6 is 19.2 Å². The first-order chi connectivity index (χ1) is 25.4. The van der Waals surface area contributed by atoms with Gasteiger partial charge in [-0.1, -0.05) is 12.8 Å². The minimum absolute atomic E-state index is 0.0709. The summed E-state index contributed by atoms with van der Waals surface area (Å²) >= 11 is 6.39. The topological polar surface area (TPSA) is 253 Å². The van der Waals surface area contributed by atoms with Crippen LogP contribution in [0, 0.1) is 0 Å². The Hall–Kier alpha value is -3.05. The predicted octanol–water partition coefficient (Wildman–Crippen LogP) is 3.42. The van der Waals surface area contributed by atoms with E-state index in [0.717, 1.165) is 19.1 Å². The van der Waals surface area contributed by atoms with E-state index in [1.807, 2.05) is 0 Å². The van der Waals surface area contributed by atoms with Gasteiger partial charge in [-0.15, -0.1) is 4.36 Å². The third kappa shape index (κ3) is 8.37. The van der Waals surface area contributed by atoms with Crippen LogP contribution < -0.4 is 14.9 Å². The van der Waals surface area contributed by atoms with Crippen LogP contribution in [0.3, 0.4) is 0 Å². The number of ether oxygens (including phenoxy) is 5. The molecule has 0 spiro atoms. The highest BCUT2D eigenvalue weighted by atomic mass is 35.5. The molecule has 3 N–H and O–H groups in total. The number of hydrogen-bond donors (Lipinski definition) is 3.